The van der Waals surface area contributed by atoms with E-state index in [0.717, 1.165) is 10.2 Å². The molecule has 0 saturated carbocycles. The number of nitrogens with zero attached hydrogens (tertiary/aromatic N) is 2. The van der Waals surface area contributed by atoms with Gasteiger partial charge in [-0.05, 0) is 24.6 Å². The van der Waals surface area contributed by atoms with Crippen LogP contribution in [0.4, 0.5) is 18.9 Å². The maximum Gasteiger partial charge on any atom is 0.435 e. The van der Waals surface area contributed by atoms with Crippen molar-refractivity contribution in [2.24, 2.45) is 7.05 Å². The number of rotatable bonds is 5. The Morgan fingerprint density at radius 3 is 2.71 bits per heavy atom. The summed E-state index contributed by atoms with van der Waals surface area (Å²) < 4.78 is 40.0. The number of hydrogen-bond acceptors (Lipinski definition) is 3. The highest BCUT2D eigenvalue weighted by Crippen LogP contribution is 2.30. The van der Waals surface area contributed by atoms with Gasteiger partial charge in [0, 0.05) is 44.0 Å². The minimum Gasteiger partial charge on any atom is -0.326 e. The van der Waals surface area contributed by atoms with Crippen molar-refractivity contribution in [2.45, 2.75) is 32.6 Å². The van der Waals surface area contributed by atoms with Crippen molar-refractivity contribution in [1.82, 2.24) is 15.1 Å². The van der Waals surface area contributed by atoms with Gasteiger partial charge in [-0.15, -0.1) is 0 Å². The first-order valence-electron chi connectivity index (χ1n) is 7.37. The second-order valence-corrected chi connectivity index (χ2v) is 5.58. The Bertz CT molecular complexity index is 724. The normalized spacial score (nSPS) is 12.9. The number of aromatic nitrogens is 2. The van der Waals surface area contributed by atoms with Gasteiger partial charge in [-0.3, -0.25) is 9.48 Å². The van der Waals surface area contributed by atoms with Gasteiger partial charge in [0.25, 0.3) is 0 Å². The Labute approximate surface area is 137 Å². The Balaban J connectivity index is 2.09. The summed E-state index contributed by atoms with van der Waals surface area (Å²) >= 11 is 0. The number of carbonyl (C=O) groups excluding carboxylic acids is 1. The van der Waals surface area contributed by atoms with Crippen molar-refractivity contribution in [3.05, 3.63) is 47.3 Å². The summed E-state index contributed by atoms with van der Waals surface area (Å²) in [5, 5.41) is 9.22. The van der Waals surface area contributed by atoms with Crippen LogP contribution in [0.15, 0.2) is 30.5 Å². The number of amides is 1. The summed E-state index contributed by atoms with van der Waals surface area (Å²) in [6, 6.07) is 6.97. The van der Waals surface area contributed by atoms with E-state index in [0.29, 0.717) is 5.69 Å². The summed E-state index contributed by atoms with van der Waals surface area (Å²) in [5.74, 6) is -0.182. The zero-order valence-electron chi connectivity index (χ0n) is 13.6. The lowest BCUT2D eigenvalue weighted by Crippen LogP contribution is -2.20. The predicted molar refractivity (Wildman–Crippen MR) is 84.2 cm³/mol. The zero-order valence-corrected chi connectivity index (χ0v) is 13.6. The number of benzene rings is 1. The molecule has 1 aromatic carbocycles. The number of hydrogen-bond donors (Lipinski definition) is 2. The van der Waals surface area contributed by atoms with Crippen molar-refractivity contribution in [1.29, 1.82) is 0 Å². The molecule has 2 rings (SSSR count). The van der Waals surface area contributed by atoms with Crippen LogP contribution in [0.25, 0.3) is 0 Å². The highest BCUT2D eigenvalue weighted by Gasteiger charge is 2.36. The summed E-state index contributed by atoms with van der Waals surface area (Å²) in [4.78, 5) is 11.1. The van der Waals surface area contributed by atoms with Crippen LogP contribution in [-0.2, 0) is 24.6 Å². The van der Waals surface area contributed by atoms with Crippen molar-refractivity contribution in [2.75, 3.05) is 5.32 Å². The monoisotopic (exact) mass is 340 g/mol. The molecule has 0 aliphatic rings. The van der Waals surface area contributed by atoms with Gasteiger partial charge < -0.3 is 10.6 Å². The lowest BCUT2D eigenvalue weighted by Gasteiger charge is -2.16. The summed E-state index contributed by atoms with van der Waals surface area (Å²) in [7, 11) is 1.46. The second-order valence-electron chi connectivity index (χ2n) is 5.58. The molecular weight excluding hydrogens is 321 g/mol. The second kappa shape index (κ2) is 7.04. The third kappa shape index (κ3) is 4.58. The molecule has 130 valence electrons. The number of anilines is 1. The van der Waals surface area contributed by atoms with Crippen molar-refractivity contribution in [3.63, 3.8) is 0 Å². The standard InChI is InChI=1S/C16H19F3N4O/c1-10(12-5-4-6-14(7-12)21-11(2)24)20-8-13-9-23(3)22-15(13)16(17,18)19/h4-7,9-10,20H,8H2,1-3H3,(H,21,24). The van der Waals surface area contributed by atoms with E-state index in [-0.39, 0.29) is 24.1 Å². The third-order valence-corrected chi connectivity index (χ3v) is 3.48. The zero-order chi connectivity index (χ0) is 17.9. The van der Waals surface area contributed by atoms with Gasteiger partial charge in [0.1, 0.15) is 0 Å². The van der Waals surface area contributed by atoms with Crippen molar-refractivity contribution >= 4 is 11.6 Å². The first-order chi connectivity index (χ1) is 11.2. The summed E-state index contributed by atoms with van der Waals surface area (Å²) in [6.45, 7) is 3.29. The topological polar surface area (TPSA) is 59.0 Å². The number of carbonyl (C=O) groups is 1. The molecule has 2 N–H and O–H groups in total. The molecule has 2 aromatic rings. The highest BCUT2D eigenvalue weighted by atomic mass is 19.4. The van der Waals surface area contributed by atoms with E-state index < -0.39 is 11.9 Å². The van der Waals surface area contributed by atoms with Gasteiger partial charge in [-0.1, -0.05) is 12.1 Å². The Kier molecular flexibility index (Phi) is 5.28. The third-order valence-electron chi connectivity index (χ3n) is 3.48. The predicted octanol–water partition coefficient (Wildman–Crippen LogP) is 3.25. The molecule has 0 radical (unpaired) electrons. The molecule has 1 aromatic heterocycles. The molecule has 1 atom stereocenters. The highest BCUT2D eigenvalue weighted by molar-refractivity contribution is 5.88. The molecular formula is C16H19F3N4O. The van der Waals surface area contributed by atoms with E-state index in [1.807, 2.05) is 13.0 Å². The molecule has 1 amide bonds. The molecule has 0 spiro atoms. The molecule has 0 saturated heterocycles. The largest absolute Gasteiger partial charge is 0.435 e. The minimum atomic E-state index is -4.48. The average molecular weight is 340 g/mol. The van der Waals surface area contributed by atoms with Gasteiger partial charge in [0.15, 0.2) is 5.69 Å². The van der Waals surface area contributed by atoms with Gasteiger partial charge in [-0.2, -0.15) is 18.3 Å². The fourth-order valence-corrected chi connectivity index (χ4v) is 2.38. The van der Waals surface area contributed by atoms with E-state index in [1.54, 1.807) is 18.2 Å². The molecule has 1 unspecified atom stereocenters. The fourth-order valence-electron chi connectivity index (χ4n) is 2.38. The molecule has 1 heterocycles. The van der Waals surface area contributed by atoms with E-state index in [4.69, 9.17) is 0 Å². The van der Waals surface area contributed by atoms with E-state index in [2.05, 4.69) is 15.7 Å². The molecule has 0 aliphatic carbocycles. The van der Waals surface area contributed by atoms with E-state index in [1.165, 1.54) is 20.2 Å². The van der Waals surface area contributed by atoms with E-state index >= 15 is 0 Å². The van der Waals surface area contributed by atoms with Crippen LogP contribution in [-0.4, -0.2) is 15.7 Å². The smallest absolute Gasteiger partial charge is 0.326 e. The Hall–Kier alpha value is -2.35. The summed E-state index contributed by atoms with van der Waals surface area (Å²) in [6.07, 6.45) is -3.12. The lowest BCUT2D eigenvalue weighted by atomic mass is 10.1. The molecule has 24 heavy (non-hydrogen) atoms. The van der Waals surface area contributed by atoms with Gasteiger partial charge in [-0.25, -0.2) is 0 Å². The number of alkyl halides is 3. The quantitative estimate of drug-likeness (QED) is 0.878. The minimum absolute atomic E-state index is 0.0359. The Morgan fingerprint density at radius 2 is 2.08 bits per heavy atom. The molecule has 0 aliphatic heterocycles. The maximum atomic E-state index is 12.9. The SMILES string of the molecule is CC(=O)Nc1cccc(C(C)NCc2cn(C)nc2C(F)(F)F)c1. The van der Waals surface area contributed by atoms with Crippen LogP contribution in [0.2, 0.25) is 0 Å². The number of halogens is 3. The molecule has 8 heteroatoms. The first-order valence-corrected chi connectivity index (χ1v) is 7.37. The van der Waals surface area contributed by atoms with Crippen molar-refractivity contribution in [3.8, 4) is 0 Å². The van der Waals surface area contributed by atoms with Gasteiger partial charge in [0.2, 0.25) is 5.91 Å². The first kappa shape index (κ1) is 18.0. The van der Waals surface area contributed by atoms with Gasteiger partial charge >= 0.3 is 6.18 Å². The van der Waals surface area contributed by atoms with Crippen LogP contribution >= 0.6 is 0 Å². The van der Waals surface area contributed by atoms with Gasteiger partial charge in [0.05, 0.1) is 0 Å². The van der Waals surface area contributed by atoms with Crippen LogP contribution in [0.5, 0.6) is 0 Å². The molecule has 0 bridgehead atoms. The van der Waals surface area contributed by atoms with Crippen LogP contribution in [0.3, 0.4) is 0 Å². The lowest BCUT2D eigenvalue weighted by molar-refractivity contribution is -0.142. The summed E-state index contributed by atoms with van der Waals surface area (Å²) in [5.41, 5.74) is 0.719. The number of aryl methyl sites for hydroxylation is 1. The van der Waals surface area contributed by atoms with Crippen molar-refractivity contribution < 1.29 is 18.0 Å². The number of nitrogens with one attached hydrogen (secondary N) is 2. The Morgan fingerprint density at radius 1 is 1.38 bits per heavy atom. The van der Waals surface area contributed by atoms with Crippen LogP contribution in [0.1, 0.15) is 36.7 Å². The van der Waals surface area contributed by atoms with Crippen LogP contribution < -0.4 is 10.6 Å². The van der Waals surface area contributed by atoms with Crippen LogP contribution in [0, 0.1) is 0 Å². The fraction of sp³-hybridized carbons (Fsp3) is 0.375. The molecule has 5 nitrogen and oxygen atoms in total. The van der Waals surface area contributed by atoms with E-state index in [9.17, 15) is 18.0 Å². The average Bonchev–Trinajstić information content (AvgIpc) is 2.85. The maximum absolute atomic E-state index is 12.9. The molecule has 0 fully saturated rings.